The van der Waals surface area contributed by atoms with Crippen molar-refractivity contribution in [2.45, 2.75) is 40.0 Å². The summed E-state index contributed by atoms with van der Waals surface area (Å²) in [6.07, 6.45) is 2.19. The summed E-state index contributed by atoms with van der Waals surface area (Å²) in [5, 5.41) is 0.589. The first-order chi connectivity index (χ1) is 13.0. The highest BCUT2D eigenvalue weighted by Gasteiger charge is 2.23. The van der Waals surface area contributed by atoms with Gasteiger partial charge in [-0.15, -0.1) is 11.3 Å². The maximum absolute atomic E-state index is 13.8. The van der Waals surface area contributed by atoms with Crippen molar-refractivity contribution in [1.29, 1.82) is 0 Å². The highest BCUT2D eigenvalue weighted by atomic mass is 32.1. The van der Waals surface area contributed by atoms with Crippen LogP contribution in [-0.4, -0.2) is 10.9 Å². The number of hydrogen-bond donors (Lipinski definition) is 0. The zero-order valence-electron chi connectivity index (χ0n) is 15.8. The van der Waals surface area contributed by atoms with Crippen LogP contribution >= 0.6 is 11.3 Å². The van der Waals surface area contributed by atoms with Crippen molar-refractivity contribution in [3.63, 3.8) is 0 Å². The van der Waals surface area contributed by atoms with E-state index in [0.717, 1.165) is 29.0 Å². The summed E-state index contributed by atoms with van der Waals surface area (Å²) in [5.74, 6) is -0.474. The Hall–Kier alpha value is -2.53. The molecule has 0 radical (unpaired) electrons. The maximum atomic E-state index is 13.8. The summed E-state index contributed by atoms with van der Waals surface area (Å²) in [7, 11) is 0. The molecule has 0 aliphatic heterocycles. The van der Waals surface area contributed by atoms with Crippen LogP contribution in [0.4, 0.5) is 15.2 Å². The van der Waals surface area contributed by atoms with E-state index in [1.54, 1.807) is 19.1 Å². The van der Waals surface area contributed by atoms with Gasteiger partial charge in [-0.3, -0.25) is 9.69 Å². The van der Waals surface area contributed by atoms with Gasteiger partial charge in [0.05, 0.1) is 11.4 Å². The minimum atomic E-state index is -0.370. The number of anilines is 2. The molecule has 1 heterocycles. The van der Waals surface area contributed by atoms with E-state index in [9.17, 15) is 9.18 Å². The molecule has 5 heteroatoms. The van der Waals surface area contributed by atoms with Gasteiger partial charge in [-0.2, -0.15) is 0 Å². The quantitative estimate of drug-likeness (QED) is 0.502. The van der Waals surface area contributed by atoms with E-state index < -0.39 is 0 Å². The highest BCUT2D eigenvalue weighted by molar-refractivity contribution is 7.16. The number of amides is 1. The Morgan fingerprint density at radius 2 is 1.89 bits per heavy atom. The molecule has 27 heavy (non-hydrogen) atoms. The SMILES string of the molecule is CCCc1sc(N(C(=O)CC)c2cccc(F)c2)nc1-c1ccc(C)cc1. The standard InChI is InChI=1S/C22H23FN2OS/c1-4-7-19-21(16-12-10-15(3)11-13-16)24-22(27-19)25(20(26)5-2)18-9-6-8-17(23)14-18/h6,8-14H,4-5,7H2,1-3H3. The number of carbonyl (C=O) groups excluding carboxylic acids is 1. The Balaban J connectivity index is 2.11. The molecule has 0 unspecified atom stereocenters. The smallest absolute Gasteiger partial charge is 0.233 e. The van der Waals surface area contributed by atoms with E-state index in [2.05, 4.69) is 38.1 Å². The van der Waals surface area contributed by atoms with Crippen molar-refractivity contribution in [3.8, 4) is 11.3 Å². The zero-order chi connectivity index (χ0) is 19.4. The van der Waals surface area contributed by atoms with E-state index in [4.69, 9.17) is 4.98 Å². The van der Waals surface area contributed by atoms with Crippen molar-refractivity contribution in [1.82, 2.24) is 4.98 Å². The summed E-state index contributed by atoms with van der Waals surface area (Å²) in [5.41, 5.74) is 3.64. The van der Waals surface area contributed by atoms with Crippen LogP contribution in [0.1, 0.15) is 37.1 Å². The fraction of sp³-hybridized carbons (Fsp3) is 0.273. The van der Waals surface area contributed by atoms with Gasteiger partial charge in [-0.1, -0.05) is 56.2 Å². The monoisotopic (exact) mass is 382 g/mol. The number of halogens is 1. The fourth-order valence-electron chi connectivity index (χ4n) is 2.90. The molecule has 1 aromatic heterocycles. The number of thiazole rings is 1. The first kappa shape index (κ1) is 19.2. The Bertz CT molecular complexity index is 934. The molecule has 0 saturated carbocycles. The minimum absolute atomic E-state index is 0.104. The Kier molecular flexibility index (Phi) is 6.01. The number of carbonyl (C=O) groups is 1. The van der Waals surface area contributed by atoms with Crippen LogP contribution in [0.25, 0.3) is 11.3 Å². The highest BCUT2D eigenvalue weighted by Crippen LogP contribution is 2.37. The van der Waals surface area contributed by atoms with Gasteiger partial charge in [0.15, 0.2) is 5.13 Å². The molecule has 0 saturated heterocycles. The van der Waals surface area contributed by atoms with Gasteiger partial charge >= 0.3 is 0 Å². The first-order valence-electron chi connectivity index (χ1n) is 9.18. The second-order valence-corrected chi connectivity index (χ2v) is 7.51. The van der Waals surface area contributed by atoms with Gasteiger partial charge in [0, 0.05) is 16.9 Å². The molecule has 0 N–H and O–H groups in total. The van der Waals surface area contributed by atoms with Gasteiger partial charge in [-0.05, 0) is 31.5 Å². The molecular formula is C22H23FN2OS. The lowest BCUT2D eigenvalue weighted by Gasteiger charge is -2.19. The molecule has 0 bridgehead atoms. The van der Waals surface area contributed by atoms with Gasteiger partial charge in [0.25, 0.3) is 0 Å². The Morgan fingerprint density at radius 1 is 1.15 bits per heavy atom. The summed E-state index contributed by atoms with van der Waals surface area (Å²) < 4.78 is 13.8. The third kappa shape index (κ3) is 4.25. The molecule has 1 amide bonds. The third-order valence-corrected chi connectivity index (χ3v) is 5.40. The number of aryl methyl sites for hydroxylation is 2. The number of nitrogens with zero attached hydrogens (tertiary/aromatic N) is 2. The van der Waals surface area contributed by atoms with E-state index >= 15 is 0 Å². The van der Waals surface area contributed by atoms with Crippen molar-refractivity contribution in [3.05, 3.63) is 64.8 Å². The van der Waals surface area contributed by atoms with Crippen molar-refractivity contribution >= 4 is 28.1 Å². The third-order valence-electron chi connectivity index (χ3n) is 4.30. The minimum Gasteiger partial charge on any atom is -0.274 e. The van der Waals surface area contributed by atoms with Crippen LogP contribution in [0.5, 0.6) is 0 Å². The summed E-state index contributed by atoms with van der Waals surface area (Å²) >= 11 is 1.51. The van der Waals surface area contributed by atoms with Crippen molar-refractivity contribution < 1.29 is 9.18 Å². The van der Waals surface area contributed by atoms with E-state index in [1.165, 1.54) is 33.9 Å². The number of aromatic nitrogens is 1. The predicted molar refractivity (Wildman–Crippen MR) is 110 cm³/mol. The van der Waals surface area contributed by atoms with E-state index in [-0.39, 0.29) is 11.7 Å². The van der Waals surface area contributed by atoms with Crippen LogP contribution < -0.4 is 4.90 Å². The van der Waals surface area contributed by atoms with E-state index in [1.807, 2.05) is 0 Å². The van der Waals surface area contributed by atoms with Crippen LogP contribution in [0.15, 0.2) is 48.5 Å². The zero-order valence-corrected chi connectivity index (χ0v) is 16.6. The average Bonchev–Trinajstić information content (AvgIpc) is 3.06. The summed E-state index contributed by atoms with van der Waals surface area (Å²) in [6, 6.07) is 14.3. The molecule has 140 valence electrons. The lowest BCUT2D eigenvalue weighted by atomic mass is 10.1. The lowest BCUT2D eigenvalue weighted by molar-refractivity contribution is -0.117. The molecule has 0 fully saturated rings. The number of benzene rings is 2. The van der Waals surface area contributed by atoms with Crippen LogP contribution in [-0.2, 0) is 11.2 Å². The largest absolute Gasteiger partial charge is 0.274 e. The summed E-state index contributed by atoms with van der Waals surface area (Å²) in [6.45, 7) is 5.98. The average molecular weight is 383 g/mol. The van der Waals surface area contributed by atoms with Crippen LogP contribution in [0, 0.1) is 12.7 Å². The van der Waals surface area contributed by atoms with Gasteiger partial charge in [0.1, 0.15) is 5.82 Å². The second kappa shape index (κ2) is 8.44. The predicted octanol–water partition coefficient (Wildman–Crippen LogP) is 6.28. The lowest BCUT2D eigenvalue weighted by Crippen LogP contribution is -2.24. The molecule has 2 aromatic carbocycles. The fourth-order valence-corrected chi connectivity index (χ4v) is 4.13. The van der Waals surface area contributed by atoms with Crippen molar-refractivity contribution in [2.75, 3.05) is 4.90 Å². The molecule has 0 aliphatic carbocycles. The van der Waals surface area contributed by atoms with Gasteiger partial charge < -0.3 is 0 Å². The normalized spacial score (nSPS) is 10.8. The molecule has 0 atom stereocenters. The summed E-state index contributed by atoms with van der Waals surface area (Å²) in [4.78, 5) is 20.1. The maximum Gasteiger partial charge on any atom is 0.233 e. The van der Waals surface area contributed by atoms with Crippen molar-refractivity contribution in [2.24, 2.45) is 0 Å². The van der Waals surface area contributed by atoms with Crippen LogP contribution in [0.3, 0.4) is 0 Å². The second-order valence-electron chi connectivity index (χ2n) is 6.45. The molecule has 3 aromatic rings. The van der Waals surface area contributed by atoms with Gasteiger partial charge in [0.2, 0.25) is 5.91 Å². The number of rotatable bonds is 6. The Morgan fingerprint density at radius 3 is 2.52 bits per heavy atom. The number of hydrogen-bond acceptors (Lipinski definition) is 3. The molecule has 0 spiro atoms. The van der Waals surface area contributed by atoms with Gasteiger partial charge in [-0.25, -0.2) is 9.37 Å². The first-order valence-corrected chi connectivity index (χ1v) is 10.00. The molecule has 3 rings (SSSR count). The van der Waals surface area contributed by atoms with E-state index in [0.29, 0.717) is 17.2 Å². The van der Waals surface area contributed by atoms with Crippen LogP contribution in [0.2, 0.25) is 0 Å². The Labute approximate surface area is 163 Å². The topological polar surface area (TPSA) is 33.2 Å². The molecular weight excluding hydrogens is 359 g/mol. The molecule has 3 nitrogen and oxygen atoms in total. The molecule has 0 aliphatic rings.